The van der Waals surface area contributed by atoms with Crippen LogP contribution in [0, 0.1) is 13.8 Å². The lowest BCUT2D eigenvalue weighted by molar-refractivity contribution is -0.121. The molecule has 1 amide bonds. The van der Waals surface area contributed by atoms with E-state index in [1.165, 1.54) is 0 Å². The Kier molecular flexibility index (Phi) is 6.43. The van der Waals surface area contributed by atoms with Crippen molar-refractivity contribution in [2.75, 3.05) is 13.2 Å². The number of hydrogen-bond donors (Lipinski definition) is 1. The summed E-state index contributed by atoms with van der Waals surface area (Å²) in [6.45, 7) is 8.47. The third-order valence-corrected chi connectivity index (χ3v) is 3.27. The Labute approximate surface area is 119 Å². The molecule has 0 spiro atoms. The van der Waals surface area contributed by atoms with Gasteiger partial charge in [0, 0.05) is 18.0 Å². The van der Waals surface area contributed by atoms with E-state index in [9.17, 15) is 4.79 Å². The summed E-state index contributed by atoms with van der Waals surface area (Å²) in [5.41, 5.74) is 2.00. The van der Waals surface area contributed by atoms with E-state index in [-0.39, 0.29) is 5.91 Å². The highest BCUT2D eigenvalue weighted by Gasteiger charge is 2.04. The van der Waals surface area contributed by atoms with Crippen molar-refractivity contribution in [2.24, 2.45) is 0 Å². The van der Waals surface area contributed by atoms with E-state index in [0.29, 0.717) is 26.0 Å². The fourth-order valence-corrected chi connectivity index (χ4v) is 1.80. The first kappa shape index (κ1) is 15.6. The maximum atomic E-state index is 11.3. The molecule has 0 bridgehead atoms. The molecule has 104 valence electrons. The number of aryl methyl sites for hydroxylation is 2. The lowest BCUT2D eigenvalue weighted by Crippen LogP contribution is -2.23. The predicted octanol–water partition coefficient (Wildman–Crippen LogP) is 3.42. The molecule has 0 aromatic heterocycles. The van der Waals surface area contributed by atoms with Crippen LogP contribution in [0.3, 0.4) is 0 Å². The Morgan fingerprint density at radius 2 is 2.05 bits per heavy atom. The van der Waals surface area contributed by atoms with Gasteiger partial charge in [0.05, 0.1) is 6.61 Å². The van der Waals surface area contributed by atoms with Crippen molar-refractivity contribution in [3.8, 4) is 5.75 Å². The minimum Gasteiger partial charge on any atom is -0.494 e. The van der Waals surface area contributed by atoms with E-state index in [1.807, 2.05) is 26.0 Å². The molecule has 0 atom stereocenters. The molecule has 0 radical (unpaired) electrons. The molecule has 0 fully saturated rings. The highest BCUT2D eigenvalue weighted by molar-refractivity contribution is 6.32. The second-order valence-electron chi connectivity index (χ2n) is 4.42. The van der Waals surface area contributed by atoms with Crippen LogP contribution in [0.1, 0.15) is 24.0 Å². The Balaban J connectivity index is 2.34. The summed E-state index contributed by atoms with van der Waals surface area (Å²) in [7, 11) is 0. The van der Waals surface area contributed by atoms with Crippen LogP contribution < -0.4 is 10.1 Å². The Morgan fingerprint density at radius 1 is 1.42 bits per heavy atom. The number of benzene rings is 1. The topological polar surface area (TPSA) is 38.3 Å². The molecule has 1 aromatic carbocycles. The third-order valence-electron chi connectivity index (χ3n) is 2.67. The van der Waals surface area contributed by atoms with E-state index in [1.54, 1.807) is 6.08 Å². The minimum absolute atomic E-state index is 0.0203. The summed E-state index contributed by atoms with van der Waals surface area (Å²) in [5, 5.41) is 3.50. The molecule has 4 heteroatoms. The zero-order valence-corrected chi connectivity index (χ0v) is 12.2. The van der Waals surface area contributed by atoms with Gasteiger partial charge in [0.25, 0.3) is 0 Å². The minimum atomic E-state index is 0.0203. The summed E-state index contributed by atoms with van der Waals surface area (Å²) >= 11 is 6.08. The zero-order chi connectivity index (χ0) is 14.3. The highest BCUT2D eigenvalue weighted by Crippen LogP contribution is 2.25. The molecule has 3 nitrogen and oxygen atoms in total. The number of ether oxygens (including phenoxy) is 1. The van der Waals surface area contributed by atoms with Gasteiger partial charge in [-0.05, 0) is 43.5 Å². The van der Waals surface area contributed by atoms with Crippen LogP contribution >= 0.6 is 11.6 Å². The van der Waals surface area contributed by atoms with E-state index in [4.69, 9.17) is 16.3 Å². The maximum Gasteiger partial charge on any atom is 0.220 e. The number of rotatable bonds is 7. The SMILES string of the molecule is C=CCNC(=O)CCCOc1cc(C)c(Cl)c(C)c1. The van der Waals surface area contributed by atoms with Crippen molar-refractivity contribution < 1.29 is 9.53 Å². The summed E-state index contributed by atoms with van der Waals surface area (Å²) < 4.78 is 5.62. The maximum absolute atomic E-state index is 11.3. The molecule has 0 saturated carbocycles. The molecule has 1 aromatic rings. The van der Waals surface area contributed by atoms with Gasteiger partial charge < -0.3 is 10.1 Å². The highest BCUT2D eigenvalue weighted by atomic mass is 35.5. The van der Waals surface area contributed by atoms with Gasteiger partial charge in [-0.15, -0.1) is 6.58 Å². The average molecular weight is 282 g/mol. The van der Waals surface area contributed by atoms with E-state index >= 15 is 0 Å². The number of nitrogens with one attached hydrogen (secondary N) is 1. The number of amides is 1. The van der Waals surface area contributed by atoms with Crippen molar-refractivity contribution in [3.05, 3.63) is 40.9 Å². The molecular formula is C15H20ClNO2. The molecule has 0 heterocycles. The molecule has 1 N–H and O–H groups in total. The van der Waals surface area contributed by atoms with Gasteiger partial charge >= 0.3 is 0 Å². The third kappa shape index (κ3) is 5.35. The van der Waals surface area contributed by atoms with E-state index < -0.39 is 0 Å². The predicted molar refractivity (Wildman–Crippen MR) is 78.9 cm³/mol. The Hall–Kier alpha value is -1.48. The standard InChI is InChI=1S/C15H20ClNO2/c1-4-7-17-14(18)6-5-8-19-13-9-11(2)15(16)12(3)10-13/h4,9-10H,1,5-8H2,2-3H3,(H,17,18). The Morgan fingerprint density at radius 3 is 2.63 bits per heavy atom. The molecule has 19 heavy (non-hydrogen) atoms. The lowest BCUT2D eigenvalue weighted by atomic mass is 10.1. The largest absolute Gasteiger partial charge is 0.494 e. The number of hydrogen-bond acceptors (Lipinski definition) is 2. The van der Waals surface area contributed by atoms with Crippen LogP contribution in [-0.2, 0) is 4.79 Å². The summed E-state index contributed by atoms with van der Waals surface area (Å²) in [5.74, 6) is 0.817. The molecule has 0 saturated heterocycles. The van der Waals surface area contributed by atoms with E-state index in [2.05, 4.69) is 11.9 Å². The molecule has 0 aliphatic rings. The van der Waals surface area contributed by atoms with Crippen LogP contribution in [-0.4, -0.2) is 19.1 Å². The zero-order valence-electron chi connectivity index (χ0n) is 11.5. The first-order valence-electron chi connectivity index (χ1n) is 6.31. The second-order valence-corrected chi connectivity index (χ2v) is 4.79. The average Bonchev–Trinajstić information content (AvgIpc) is 2.38. The van der Waals surface area contributed by atoms with Crippen molar-refractivity contribution in [3.63, 3.8) is 0 Å². The number of carbonyl (C=O) groups excluding carboxylic acids is 1. The summed E-state index contributed by atoms with van der Waals surface area (Å²) in [6, 6.07) is 3.82. The second kappa shape index (κ2) is 7.85. The molecule has 0 aliphatic heterocycles. The first-order valence-corrected chi connectivity index (χ1v) is 6.69. The number of halogens is 1. The van der Waals surface area contributed by atoms with Crippen LogP contribution in [0.25, 0.3) is 0 Å². The van der Waals surface area contributed by atoms with Gasteiger partial charge in [-0.1, -0.05) is 17.7 Å². The number of carbonyl (C=O) groups is 1. The molecule has 1 rings (SSSR count). The smallest absolute Gasteiger partial charge is 0.220 e. The molecule has 0 aliphatic carbocycles. The van der Waals surface area contributed by atoms with Gasteiger partial charge in [-0.3, -0.25) is 4.79 Å². The quantitative estimate of drug-likeness (QED) is 0.614. The summed E-state index contributed by atoms with van der Waals surface area (Å²) in [4.78, 5) is 11.3. The normalized spacial score (nSPS) is 10.1. The molecule has 0 unspecified atom stereocenters. The van der Waals surface area contributed by atoms with Crippen molar-refractivity contribution >= 4 is 17.5 Å². The van der Waals surface area contributed by atoms with Crippen molar-refractivity contribution in [1.82, 2.24) is 5.32 Å². The fraction of sp³-hybridized carbons (Fsp3) is 0.400. The van der Waals surface area contributed by atoms with Gasteiger partial charge in [0.2, 0.25) is 5.91 Å². The Bertz CT molecular complexity index is 434. The fourth-order valence-electron chi connectivity index (χ4n) is 1.69. The monoisotopic (exact) mass is 281 g/mol. The van der Waals surface area contributed by atoms with Crippen molar-refractivity contribution in [1.29, 1.82) is 0 Å². The van der Waals surface area contributed by atoms with Crippen LogP contribution in [0.5, 0.6) is 5.75 Å². The first-order chi connectivity index (χ1) is 9.04. The summed E-state index contributed by atoms with van der Waals surface area (Å²) in [6.07, 6.45) is 2.80. The van der Waals surface area contributed by atoms with Gasteiger partial charge in [-0.25, -0.2) is 0 Å². The molecular weight excluding hydrogens is 262 g/mol. The van der Waals surface area contributed by atoms with Crippen LogP contribution in [0.15, 0.2) is 24.8 Å². The van der Waals surface area contributed by atoms with Gasteiger partial charge in [-0.2, -0.15) is 0 Å². The van der Waals surface area contributed by atoms with E-state index in [0.717, 1.165) is 21.9 Å². The van der Waals surface area contributed by atoms with Crippen molar-refractivity contribution in [2.45, 2.75) is 26.7 Å². The van der Waals surface area contributed by atoms with Gasteiger partial charge in [0.15, 0.2) is 0 Å². The van der Waals surface area contributed by atoms with Crippen LogP contribution in [0.2, 0.25) is 5.02 Å². The lowest BCUT2D eigenvalue weighted by Gasteiger charge is -2.10. The van der Waals surface area contributed by atoms with Gasteiger partial charge in [0.1, 0.15) is 5.75 Å². The van der Waals surface area contributed by atoms with Crippen LogP contribution in [0.4, 0.5) is 0 Å².